The van der Waals surface area contributed by atoms with Crippen molar-refractivity contribution in [3.05, 3.63) is 30.3 Å². The number of benzene rings is 1. The van der Waals surface area contributed by atoms with E-state index in [1.807, 2.05) is 30.3 Å². The maximum atomic E-state index is 11.6. The molecule has 76 valence electrons. The van der Waals surface area contributed by atoms with Crippen molar-refractivity contribution in [1.29, 1.82) is 0 Å². The molecule has 2 N–H and O–H groups in total. The fraction of sp³-hybridized carbons (Fsp3) is 0.364. The van der Waals surface area contributed by atoms with E-state index in [9.17, 15) is 4.79 Å². The Morgan fingerprint density at radius 3 is 2.57 bits per heavy atom. The molecule has 0 spiro atoms. The number of para-hydroxylation sites is 1. The molecule has 3 nitrogen and oxygen atoms in total. The van der Waals surface area contributed by atoms with Crippen LogP contribution in [0.1, 0.15) is 12.8 Å². The Bertz CT molecular complexity index is 285. The van der Waals surface area contributed by atoms with Crippen LogP contribution in [0, 0.1) is 0 Å². The highest BCUT2D eigenvalue weighted by Crippen LogP contribution is 2.12. The van der Waals surface area contributed by atoms with Crippen LogP contribution in [0.25, 0.3) is 0 Å². The van der Waals surface area contributed by atoms with Gasteiger partial charge >= 0.3 is 0 Å². The Balaban J connectivity index is 2.57. The normalized spacial score (nSPS) is 9.86. The first-order valence-electron chi connectivity index (χ1n) is 4.77. The first kappa shape index (κ1) is 10.7. The number of hydrogen-bond acceptors (Lipinski definition) is 2. The minimum atomic E-state index is 0.113. The van der Waals surface area contributed by atoms with Crippen molar-refractivity contribution in [3.63, 3.8) is 0 Å². The zero-order valence-corrected chi connectivity index (χ0v) is 8.44. The molecule has 1 aromatic rings. The Morgan fingerprint density at radius 2 is 2.00 bits per heavy atom. The van der Waals surface area contributed by atoms with Crippen LogP contribution in [-0.2, 0) is 4.79 Å². The van der Waals surface area contributed by atoms with Crippen LogP contribution in [0.3, 0.4) is 0 Å². The summed E-state index contributed by atoms with van der Waals surface area (Å²) in [4.78, 5) is 13.2. The van der Waals surface area contributed by atoms with E-state index in [-0.39, 0.29) is 5.91 Å². The number of carbonyl (C=O) groups excluding carboxylic acids is 1. The highest BCUT2D eigenvalue weighted by atomic mass is 16.2. The van der Waals surface area contributed by atoms with Crippen molar-refractivity contribution in [2.45, 2.75) is 12.8 Å². The van der Waals surface area contributed by atoms with E-state index < -0.39 is 0 Å². The number of anilines is 1. The summed E-state index contributed by atoms with van der Waals surface area (Å²) in [7, 11) is 1.79. The predicted molar refractivity (Wildman–Crippen MR) is 58.1 cm³/mol. The van der Waals surface area contributed by atoms with Crippen molar-refractivity contribution in [1.82, 2.24) is 0 Å². The third kappa shape index (κ3) is 2.85. The Morgan fingerprint density at radius 1 is 1.36 bits per heavy atom. The van der Waals surface area contributed by atoms with Crippen LogP contribution < -0.4 is 10.6 Å². The van der Waals surface area contributed by atoms with Crippen LogP contribution in [0.5, 0.6) is 0 Å². The monoisotopic (exact) mass is 192 g/mol. The molecule has 0 aliphatic heterocycles. The van der Waals surface area contributed by atoms with Crippen molar-refractivity contribution in [3.8, 4) is 0 Å². The predicted octanol–water partition coefficient (Wildman–Crippen LogP) is 1.39. The number of carbonyl (C=O) groups is 1. The minimum absolute atomic E-state index is 0.113. The second kappa shape index (κ2) is 5.40. The fourth-order valence-electron chi connectivity index (χ4n) is 1.22. The van der Waals surface area contributed by atoms with Crippen LogP contribution in [0.2, 0.25) is 0 Å². The molecule has 0 aliphatic rings. The third-order valence-corrected chi connectivity index (χ3v) is 2.11. The Kier molecular flexibility index (Phi) is 4.13. The first-order chi connectivity index (χ1) is 6.75. The van der Waals surface area contributed by atoms with Crippen LogP contribution in [-0.4, -0.2) is 19.5 Å². The summed E-state index contributed by atoms with van der Waals surface area (Å²) < 4.78 is 0. The lowest BCUT2D eigenvalue weighted by molar-refractivity contribution is -0.118. The maximum absolute atomic E-state index is 11.6. The SMILES string of the molecule is CN(C(=O)CCCN)c1ccccc1. The molecule has 0 saturated carbocycles. The lowest BCUT2D eigenvalue weighted by Gasteiger charge is -2.16. The number of nitrogens with zero attached hydrogens (tertiary/aromatic N) is 1. The van der Waals surface area contributed by atoms with E-state index in [4.69, 9.17) is 5.73 Å². The number of nitrogens with two attached hydrogens (primary N) is 1. The molecule has 0 saturated heterocycles. The van der Waals surface area contributed by atoms with Crippen molar-refractivity contribution >= 4 is 11.6 Å². The van der Waals surface area contributed by atoms with Crippen LogP contribution in [0.15, 0.2) is 30.3 Å². The van der Waals surface area contributed by atoms with Crippen molar-refractivity contribution in [2.75, 3.05) is 18.5 Å². The Hall–Kier alpha value is -1.35. The molecule has 3 heteroatoms. The molecular weight excluding hydrogens is 176 g/mol. The summed E-state index contributed by atoms with van der Waals surface area (Å²) in [6.07, 6.45) is 1.26. The lowest BCUT2D eigenvalue weighted by atomic mass is 10.2. The van der Waals surface area contributed by atoms with Gasteiger partial charge in [-0.1, -0.05) is 18.2 Å². The fourth-order valence-corrected chi connectivity index (χ4v) is 1.22. The summed E-state index contributed by atoms with van der Waals surface area (Å²) in [5, 5.41) is 0. The van der Waals surface area contributed by atoms with Gasteiger partial charge in [-0.3, -0.25) is 4.79 Å². The van der Waals surface area contributed by atoms with Gasteiger partial charge in [-0.15, -0.1) is 0 Å². The second-order valence-corrected chi connectivity index (χ2v) is 3.18. The summed E-state index contributed by atoms with van der Waals surface area (Å²) >= 11 is 0. The Labute approximate surface area is 84.5 Å². The largest absolute Gasteiger partial charge is 0.330 e. The molecule has 0 unspecified atom stereocenters. The van der Waals surface area contributed by atoms with Gasteiger partial charge in [0, 0.05) is 19.2 Å². The summed E-state index contributed by atoms with van der Waals surface area (Å²) in [6, 6.07) is 9.60. The lowest BCUT2D eigenvalue weighted by Crippen LogP contribution is -2.26. The van der Waals surface area contributed by atoms with Gasteiger partial charge < -0.3 is 10.6 Å². The van der Waals surface area contributed by atoms with Crippen molar-refractivity contribution in [2.24, 2.45) is 5.73 Å². The number of amides is 1. The van der Waals surface area contributed by atoms with Gasteiger partial charge in [0.05, 0.1) is 0 Å². The van der Waals surface area contributed by atoms with Gasteiger partial charge in [0.25, 0.3) is 0 Å². The summed E-state index contributed by atoms with van der Waals surface area (Å²) in [5.74, 6) is 0.113. The van der Waals surface area contributed by atoms with Crippen LogP contribution in [0.4, 0.5) is 5.69 Å². The van der Waals surface area contributed by atoms with Gasteiger partial charge in [0.2, 0.25) is 5.91 Å². The van der Waals surface area contributed by atoms with Gasteiger partial charge in [-0.25, -0.2) is 0 Å². The van der Waals surface area contributed by atoms with E-state index in [1.165, 1.54) is 0 Å². The molecule has 0 bridgehead atoms. The highest BCUT2D eigenvalue weighted by molar-refractivity contribution is 5.92. The van der Waals surface area contributed by atoms with Gasteiger partial charge in [0.1, 0.15) is 0 Å². The maximum Gasteiger partial charge on any atom is 0.226 e. The number of hydrogen-bond donors (Lipinski definition) is 1. The minimum Gasteiger partial charge on any atom is -0.330 e. The van der Waals surface area contributed by atoms with E-state index in [2.05, 4.69) is 0 Å². The van der Waals surface area contributed by atoms with Gasteiger partial charge in [0.15, 0.2) is 0 Å². The molecule has 0 atom stereocenters. The zero-order valence-electron chi connectivity index (χ0n) is 8.44. The average Bonchev–Trinajstić information content (AvgIpc) is 2.26. The molecule has 1 rings (SSSR count). The molecule has 1 amide bonds. The van der Waals surface area contributed by atoms with Crippen LogP contribution >= 0.6 is 0 Å². The first-order valence-corrected chi connectivity index (χ1v) is 4.77. The summed E-state index contributed by atoms with van der Waals surface area (Å²) in [5.41, 5.74) is 6.27. The average molecular weight is 192 g/mol. The number of rotatable bonds is 4. The summed E-state index contributed by atoms with van der Waals surface area (Å²) in [6.45, 7) is 0.564. The zero-order chi connectivity index (χ0) is 10.4. The van der Waals surface area contributed by atoms with E-state index >= 15 is 0 Å². The van der Waals surface area contributed by atoms with E-state index in [0.29, 0.717) is 13.0 Å². The smallest absolute Gasteiger partial charge is 0.226 e. The standard InChI is InChI=1S/C11H16N2O/c1-13(11(14)8-5-9-12)10-6-3-2-4-7-10/h2-4,6-7H,5,8-9,12H2,1H3. The molecule has 1 aromatic carbocycles. The van der Waals surface area contributed by atoms with Crippen molar-refractivity contribution < 1.29 is 4.79 Å². The van der Waals surface area contributed by atoms with E-state index in [0.717, 1.165) is 12.1 Å². The van der Waals surface area contributed by atoms with E-state index in [1.54, 1.807) is 11.9 Å². The molecule has 0 fully saturated rings. The molecule has 0 radical (unpaired) electrons. The highest BCUT2D eigenvalue weighted by Gasteiger charge is 2.08. The second-order valence-electron chi connectivity index (χ2n) is 3.18. The van der Waals surface area contributed by atoms with Gasteiger partial charge in [-0.05, 0) is 25.1 Å². The topological polar surface area (TPSA) is 46.3 Å². The molecule has 0 aliphatic carbocycles. The van der Waals surface area contributed by atoms with Gasteiger partial charge in [-0.2, -0.15) is 0 Å². The third-order valence-electron chi connectivity index (χ3n) is 2.11. The molecule has 14 heavy (non-hydrogen) atoms. The quantitative estimate of drug-likeness (QED) is 0.783. The molecular formula is C11H16N2O. The molecule has 0 aromatic heterocycles. The molecule has 0 heterocycles.